The van der Waals surface area contributed by atoms with E-state index in [-0.39, 0.29) is 17.9 Å². The standard InChI is InChI=1S/C11H22N2O/c1-8(2)6-10(12)7-13-11(14)9-4-3-5-9/h8-10H,3-7,12H2,1-2H3,(H,13,14). The predicted octanol–water partition coefficient (Wildman–Crippen LogP) is 1.28. The average molecular weight is 198 g/mol. The van der Waals surface area contributed by atoms with Crippen molar-refractivity contribution < 1.29 is 4.79 Å². The second kappa shape index (κ2) is 5.35. The number of carbonyl (C=O) groups excluding carboxylic acids is 1. The molecular formula is C11H22N2O. The average Bonchev–Trinajstić information content (AvgIpc) is 1.96. The number of amides is 1. The molecule has 0 radical (unpaired) electrons. The lowest BCUT2D eigenvalue weighted by atomic mass is 9.85. The summed E-state index contributed by atoms with van der Waals surface area (Å²) in [6.45, 7) is 4.93. The van der Waals surface area contributed by atoms with Gasteiger partial charge in [-0.1, -0.05) is 20.3 Å². The number of carbonyl (C=O) groups is 1. The Kier molecular flexibility index (Phi) is 4.39. The van der Waals surface area contributed by atoms with Gasteiger partial charge in [0.25, 0.3) is 0 Å². The van der Waals surface area contributed by atoms with Gasteiger partial charge in [-0.15, -0.1) is 0 Å². The number of rotatable bonds is 5. The fourth-order valence-electron chi connectivity index (χ4n) is 1.74. The highest BCUT2D eigenvalue weighted by Crippen LogP contribution is 2.26. The van der Waals surface area contributed by atoms with Crippen LogP contribution in [0.15, 0.2) is 0 Å². The largest absolute Gasteiger partial charge is 0.354 e. The summed E-state index contributed by atoms with van der Waals surface area (Å²) >= 11 is 0. The first-order valence-corrected chi connectivity index (χ1v) is 5.63. The summed E-state index contributed by atoms with van der Waals surface area (Å²) in [4.78, 5) is 11.4. The first-order chi connectivity index (χ1) is 6.59. The fourth-order valence-corrected chi connectivity index (χ4v) is 1.74. The van der Waals surface area contributed by atoms with Gasteiger partial charge in [0.1, 0.15) is 0 Å². The van der Waals surface area contributed by atoms with Crippen molar-refractivity contribution in [2.45, 2.75) is 45.6 Å². The number of nitrogens with two attached hydrogens (primary N) is 1. The zero-order chi connectivity index (χ0) is 10.6. The number of hydrogen-bond acceptors (Lipinski definition) is 2. The lowest BCUT2D eigenvalue weighted by molar-refractivity contribution is -0.127. The van der Waals surface area contributed by atoms with E-state index in [1.165, 1.54) is 6.42 Å². The Morgan fingerprint density at radius 3 is 2.57 bits per heavy atom. The van der Waals surface area contributed by atoms with Crippen molar-refractivity contribution in [2.75, 3.05) is 6.54 Å². The van der Waals surface area contributed by atoms with Crippen LogP contribution in [0.25, 0.3) is 0 Å². The summed E-state index contributed by atoms with van der Waals surface area (Å²) in [6.07, 6.45) is 4.30. The third-order valence-corrected chi connectivity index (χ3v) is 2.79. The van der Waals surface area contributed by atoms with E-state index >= 15 is 0 Å². The molecule has 0 aromatic rings. The van der Waals surface area contributed by atoms with Gasteiger partial charge in [0.15, 0.2) is 0 Å². The van der Waals surface area contributed by atoms with Gasteiger partial charge in [-0.05, 0) is 25.2 Å². The van der Waals surface area contributed by atoms with Crippen molar-refractivity contribution in [3.8, 4) is 0 Å². The molecule has 0 heterocycles. The zero-order valence-electron chi connectivity index (χ0n) is 9.25. The molecule has 1 aliphatic carbocycles. The molecule has 82 valence electrons. The molecule has 3 heteroatoms. The van der Waals surface area contributed by atoms with Crippen LogP contribution in [0.4, 0.5) is 0 Å². The highest BCUT2D eigenvalue weighted by molar-refractivity contribution is 5.79. The van der Waals surface area contributed by atoms with Gasteiger partial charge in [-0.3, -0.25) is 4.79 Å². The Balaban J connectivity index is 2.09. The minimum absolute atomic E-state index is 0.110. The van der Waals surface area contributed by atoms with Crippen molar-refractivity contribution >= 4 is 5.91 Å². The molecule has 0 bridgehead atoms. The van der Waals surface area contributed by atoms with Crippen LogP contribution in [0.1, 0.15) is 39.5 Å². The van der Waals surface area contributed by atoms with E-state index in [2.05, 4.69) is 19.2 Å². The summed E-state index contributed by atoms with van der Waals surface area (Å²) in [5.74, 6) is 1.09. The van der Waals surface area contributed by atoms with Crippen LogP contribution in [-0.2, 0) is 4.79 Å². The quantitative estimate of drug-likeness (QED) is 0.699. The molecule has 1 aliphatic rings. The number of hydrogen-bond donors (Lipinski definition) is 2. The van der Waals surface area contributed by atoms with Gasteiger partial charge >= 0.3 is 0 Å². The Labute approximate surface area is 86.4 Å². The summed E-state index contributed by atoms with van der Waals surface area (Å²) in [5.41, 5.74) is 5.87. The number of nitrogens with one attached hydrogen (secondary N) is 1. The maximum absolute atomic E-state index is 11.4. The predicted molar refractivity (Wildman–Crippen MR) is 57.8 cm³/mol. The van der Waals surface area contributed by atoms with Gasteiger partial charge < -0.3 is 11.1 Å². The summed E-state index contributed by atoms with van der Waals surface area (Å²) in [5, 5.41) is 2.93. The minimum atomic E-state index is 0.110. The molecule has 0 spiro atoms. The molecule has 1 rings (SSSR count). The highest BCUT2D eigenvalue weighted by Gasteiger charge is 2.24. The van der Waals surface area contributed by atoms with Crippen molar-refractivity contribution in [1.82, 2.24) is 5.32 Å². The summed E-state index contributed by atoms with van der Waals surface area (Å²) in [7, 11) is 0. The Morgan fingerprint density at radius 1 is 1.50 bits per heavy atom. The normalized spacial score (nSPS) is 19.1. The molecule has 1 amide bonds. The van der Waals surface area contributed by atoms with Gasteiger partial charge in [0, 0.05) is 18.5 Å². The van der Waals surface area contributed by atoms with E-state index in [9.17, 15) is 4.79 Å². The SMILES string of the molecule is CC(C)CC(N)CNC(=O)C1CCC1. The Bertz CT molecular complexity index is 188. The molecule has 1 atom stereocenters. The Morgan fingerprint density at radius 2 is 2.14 bits per heavy atom. The van der Waals surface area contributed by atoms with Crippen LogP contribution in [0.5, 0.6) is 0 Å². The monoisotopic (exact) mass is 198 g/mol. The molecule has 1 saturated carbocycles. The lowest BCUT2D eigenvalue weighted by Gasteiger charge is -2.25. The van der Waals surface area contributed by atoms with Crippen molar-refractivity contribution in [3.63, 3.8) is 0 Å². The second-order valence-corrected chi connectivity index (χ2v) is 4.76. The van der Waals surface area contributed by atoms with Crippen molar-refractivity contribution in [2.24, 2.45) is 17.6 Å². The van der Waals surface area contributed by atoms with E-state index in [1.54, 1.807) is 0 Å². The third-order valence-electron chi connectivity index (χ3n) is 2.79. The molecule has 1 unspecified atom stereocenters. The van der Waals surface area contributed by atoms with Crippen LogP contribution >= 0.6 is 0 Å². The van der Waals surface area contributed by atoms with Crippen molar-refractivity contribution in [1.29, 1.82) is 0 Å². The van der Waals surface area contributed by atoms with E-state index in [4.69, 9.17) is 5.73 Å². The molecule has 14 heavy (non-hydrogen) atoms. The van der Waals surface area contributed by atoms with Gasteiger partial charge in [-0.25, -0.2) is 0 Å². The summed E-state index contributed by atoms with van der Waals surface area (Å²) < 4.78 is 0. The van der Waals surface area contributed by atoms with E-state index in [1.807, 2.05) is 0 Å². The van der Waals surface area contributed by atoms with Crippen LogP contribution in [-0.4, -0.2) is 18.5 Å². The van der Waals surface area contributed by atoms with E-state index in [0.29, 0.717) is 12.5 Å². The maximum Gasteiger partial charge on any atom is 0.223 e. The molecule has 0 aromatic heterocycles. The smallest absolute Gasteiger partial charge is 0.223 e. The third kappa shape index (κ3) is 3.66. The van der Waals surface area contributed by atoms with Crippen LogP contribution in [0.2, 0.25) is 0 Å². The van der Waals surface area contributed by atoms with Gasteiger partial charge in [0.05, 0.1) is 0 Å². The van der Waals surface area contributed by atoms with E-state index in [0.717, 1.165) is 19.3 Å². The fraction of sp³-hybridized carbons (Fsp3) is 0.909. The molecule has 0 aromatic carbocycles. The molecule has 3 N–H and O–H groups in total. The molecule has 3 nitrogen and oxygen atoms in total. The lowest BCUT2D eigenvalue weighted by Crippen LogP contribution is -2.42. The topological polar surface area (TPSA) is 55.1 Å². The molecular weight excluding hydrogens is 176 g/mol. The van der Waals surface area contributed by atoms with Crippen LogP contribution in [0.3, 0.4) is 0 Å². The second-order valence-electron chi connectivity index (χ2n) is 4.76. The molecule has 0 aliphatic heterocycles. The Hall–Kier alpha value is -0.570. The highest BCUT2D eigenvalue weighted by atomic mass is 16.1. The van der Waals surface area contributed by atoms with Crippen LogP contribution < -0.4 is 11.1 Å². The first-order valence-electron chi connectivity index (χ1n) is 5.63. The first kappa shape index (κ1) is 11.5. The van der Waals surface area contributed by atoms with Crippen molar-refractivity contribution in [3.05, 3.63) is 0 Å². The summed E-state index contributed by atoms with van der Waals surface area (Å²) in [6, 6.07) is 0.110. The minimum Gasteiger partial charge on any atom is -0.354 e. The van der Waals surface area contributed by atoms with E-state index < -0.39 is 0 Å². The van der Waals surface area contributed by atoms with Gasteiger partial charge in [-0.2, -0.15) is 0 Å². The zero-order valence-corrected chi connectivity index (χ0v) is 9.25. The molecule has 1 fully saturated rings. The van der Waals surface area contributed by atoms with Gasteiger partial charge in [0.2, 0.25) is 5.91 Å². The van der Waals surface area contributed by atoms with Crippen LogP contribution in [0, 0.1) is 11.8 Å². The molecule has 0 saturated heterocycles. The maximum atomic E-state index is 11.4.